The van der Waals surface area contributed by atoms with E-state index in [1.54, 1.807) is 7.11 Å². The molecule has 22 heavy (non-hydrogen) atoms. The lowest BCUT2D eigenvalue weighted by molar-refractivity contribution is 0.415. The van der Waals surface area contributed by atoms with Gasteiger partial charge >= 0.3 is 0 Å². The Bertz CT molecular complexity index is 766. The largest absolute Gasteiger partial charge is 0.497 e. The third-order valence-electron chi connectivity index (χ3n) is 3.13. The standard InChI is InChI=1S/C14H15N5OS2/c1-4-11-15-14(22-18-11)21-13-17-16-12(19(13)2)9-5-7-10(20-3)8-6-9/h5-8H,4H2,1-3H3. The molecule has 3 aromatic rings. The fraction of sp³-hybridized carbons (Fsp3) is 0.286. The number of nitrogens with zero attached hydrogens (tertiary/aromatic N) is 5. The zero-order chi connectivity index (χ0) is 15.5. The Morgan fingerprint density at radius 2 is 2.00 bits per heavy atom. The van der Waals surface area contributed by atoms with Gasteiger partial charge in [0, 0.05) is 19.0 Å². The van der Waals surface area contributed by atoms with Crippen molar-refractivity contribution in [2.75, 3.05) is 7.11 Å². The maximum atomic E-state index is 5.17. The van der Waals surface area contributed by atoms with Crippen molar-refractivity contribution in [1.29, 1.82) is 0 Å². The van der Waals surface area contributed by atoms with E-state index in [0.29, 0.717) is 0 Å². The molecule has 0 spiro atoms. The van der Waals surface area contributed by atoms with Crippen molar-refractivity contribution < 1.29 is 4.74 Å². The van der Waals surface area contributed by atoms with Gasteiger partial charge in [0.05, 0.1) is 7.11 Å². The van der Waals surface area contributed by atoms with Crippen molar-refractivity contribution in [3.8, 4) is 17.1 Å². The number of benzene rings is 1. The van der Waals surface area contributed by atoms with Gasteiger partial charge < -0.3 is 9.30 Å². The summed E-state index contributed by atoms with van der Waals surface area (Å²) in [7, 11) is 3.60. The maximum Gasteiger partial charge on any atom is 0.198 e. The molecule has 0 saturated heterocycles. The van der Waals surface area contributed by atoms with Crippen molar-refractivity contribution in [2.24, 2.45) is 7.05 Å². The highest BCUT2D eigenvalue weighted by Crippen LogP contribution is 2.30. The number of rotatable bonds is 5. The molecule has 0 radical (unpaired) electrons. The van der Waals surface area contributed by atoms with Crippen LogP contribution in [0.1, 0.15) is 12.7 Å². The molecule has 2 heterocycles. The van der Waals surface area contributed by atoms with Gasteiger partial charge in [0.25, 0.3) is 0 Å². The molecule has 0 bridgehead atoms. The minimum atomic E-state index is 0.796. The fourth-order valence-electron chi connectivity index (χ4n) is 1.90. The quantitative estimate of drug-likeness (QED) is 0.715. The topological polar surface area (TPSA) is 65.7 Å². The summed E-state index contributed by atoms with van der Waals surface area (Å²) in [6.07, 6.45) is 0.840. The zero-order valence-electron chi connectivity index (χ0n) is 12.5. The van der Waals surface area contributed by atoms with Crippen LogP contribution in [0.25, 0.3) is 11.4 Å². The van der Waals surface area contributed by atoms with Crippen LogP contribution in [0.15, 0.2) is 33.8 Å². The molecule has 0 saturated carbocycles. The van der Waals surface area contributed by atoms with Crippen LogP contribution in [0.5, 0.6) is 5.75 Å². The molecule has 0 aliphatic carbocycles. The molecule has 0 aliphatic rings. The predicted molar refractivity (Wildman–Crippen MR) is 86.4 cm³/mol. The second-order valence-corrected chi connectivity index (χ2v) is 6.49. The molecule has 6 nitrogen and oxygen atoms in total. The third kappa shape index (κ3) is 2.97. The van der Waals surface area contributed by atoms with Crippen LogP contribution in [-0.4, -0.2) is 31.2 Å². The highest BCUT2D eigenvalue weighted by atomic mass is 32.2. The van der Waals surface area contributed by atoms with Gasteiger partial charge in [0.15, 0.2) is 15.3 Å². The van der Waals surface area contributed by atoms with Crippen LogP contribution >= 0.6 is 23.3 Å². The second kappa shape index (κ2) is 6.45. The van der Waals surface area contributed by atoms with Gasteiger partial charge in [-0.2, -0.15) is 4.37 Å². The first-order valence-electron chi connectivity index (χ1n) is 6.75. The number of aromatic nitrogens is 5. The number of hydrogen-bond donors (Lipinski definition) is 0. The first kappa shape index (κ1) is 15.0. The van der Waals surface area contributed by atoms with E-state index in [-0.39, 0.29) is 0 Å². The SMILES string of the molecule is CCc1nsc(Sc2nnc(-c3ccc(OC)cc3)n2C)n1. The number of hydrogen-bond acceptors (Lipinski definition) is 7. The van der Waals surface area contributed by atoms with E-state index in [2.05, 4.69) is 19.6 Å². The minimum absolute atomic E-state index is 0.796. The van der Waals surface area contributed by atoms with Crippen molar-refractivity contribution in [2.45, 2.75) is 22.8 Å². The molecule has 0 atom stereocenters. The van der Waals surface area contributed by atoms with E-state index < -0.39 is 0 Å². The van der Waals surface area contributed by atoms with E-state index in [9.17, 15) is 0 Å². The Balaban J connectivity index is 1.84. The number of ether oxygens (including phenoxy) is 1. The van der Waals surface area contributed by atoms with E-state index in [1.807, 2.05) is 42.8 Å². The lowest BCUT2D eigenvalue weighted by atomic mass is 10.2. The Morgan fingerprint density at radius 3 is 2.64 bits per heavy atom. The van der Waals surface area contributed by atoms with E-state index in [4.69, 9.17) is 4.74 Å². The fourth-order valence-corrected chi connectivity index (χ4v) is 3.49. The van der Waals surface area contributed by atoms with Crippen molar-refractivity contribution in [3.05, 3.63) is 30.1 Å². The molecule has 3 rings (SSSR count). The maximum absolute atomic E-state index is 5.17. The Labute approximate surface area is 136 Å². The van der Waals surface area contributed by atoms with Gasteiger partial charge in [-0.15, -0.1) is 10.2 Å². The van der Waals surface area contributed by atoms with Gasteiger partial charge in [-0.05, 0) is 47.6 Å². The Morgan fingerprint density at radius 1 is 1.23 bits per heavy atom. The molecule has 0 unspecified atom stereocenters. The molecular formula is C14H15N5OS2. The molecule has 114 valence electrons. The zero-order valence-corrected chi connectivity index (χ0v) is 14.1. The summed E-state index contributed by atoms with van der Waals surface area (Å²) in [6, 6.07) is 7.76. The van der Waals surface area contributed by atoms with Gasteiger partial charge in [-0.25, -0.2) is 4.98 Å². The molecule has 0 amide bonds. The smallest absolute Gasteiger partial charge is 0.198 e. The average molecular weight is 333 g/mol. The van der Waals surface area contributed by atoms with Crippen LogP contribution in [0.3, 0.4) is 0 Å². The van der Waals surface area contributed by atoms with E-state index >= 15 is 0 Å². The number of aryl methyl sites for hydroxylation is 1. The number of methoxy groups -OCH3 is 1. The van der Waals surface area contributed by atoms with Crippen LogP contribution in [0.2, 0.25) is 0 Å². The first-order valence-corrected chi connectivity index (χ1v) is 8.34. The molecule has 8 heteroatoms. The summed E-state index contributed by atoms with van der Waals surface area (Å²) in [5, 5.41) is 9.32. The monoisotopic (exact) mass is 333 g/mol. The minimum Gasteiger partial charge on any atom is -0.497 e. The summed E-state index contributed by atoms with van der Waals surface area (Å²) in [6.45, 7) is 2.04. The Kier molecular flexibility index (Phi) is 4.39. The highest BCUT2D eigenvalue weighted by Gasteiger charge is 2.14. The molecule has 2 aromatic heterocycles. The van der Waals surface area contributed by atoms with Gasteiger partial charge in [-0.1, -0.05) is 6.92 Å². The van der Waals surface area contributed by atoms with Crippen molar-refractivity contribution in [1.82, 2.24) is 24.1 Å². The molecule has 1 aromatic carbocycles. The first-order chi connectivity index (χ1) is 10.7. The lowest BCUT2D eigenvalue weighted by Crippen LogP contribution is -1.94. The van der Waals surface area contributed by atoms with Crippen LogP contribution < -0.4 is 4.74 Å². The third-order valence-corrected chi connectivity index (χ3v) is 4.95. The van der Waals surface area contributed by atoms with E-state index in [1.165, 1.54) is 23.3 Å². The molecule has 0 N–H and O–H groups in total. The predicted octanol–water partition coefficient (Wildman–Crippen LogP) is 3.06. The van der Waals surface area contributed by atoms with Gasteiger partial charge in [-0.3, -0.25) is 0 Å². The average Bonchev–Trinajstić information content (AvgIpc) is 3.15. The summed E-state index contributed by atoms with van der Waals surface area (Å²) < 4.78 is 12.3. The van der Waals surface area contributed by atoms with E-state index in [0.717, 1.165) is 38.9 Å². The van der Waals surface area contributed by atoms with Gasteiger partial charge in [0.2, 0.25) is 0 Å². The highest BCUT2D eigenvalue weighted by molar-refractivity contribution is 8.00. The summed E-state index contributed by atoms with van der Waals surface area (Å²) in [5.41, 5.74) is 0.995. The normalized spacial score (nSPS) is 10.9. The summed E-state index contributed by atoms with van der Waals surface area (Å²) in [4.78, 5) is 4.44. The molecular weight excluding hydrogens is 318 g/mol. The summed E-state index contributed by atoms with van der Waals surface area (Å²) in [5.74, 6) is 2.50. The van der Waals surface area contributed by atoms with Crippen LogP contribution in [0, 0.1) is 0 Å². The molecule has 0 aliphatic heterocycles. The Hall–Kier alpha value is -1.93. The second-order valence-electron chi connectivity index (χ2n) is 4.53. The molecule has 0 fully saturated rings. The lowest BCUT2D eigenvalue weighted by Gasteiger charge is -2.04. The van der Waals surface area contributed by atoms with Crippen LogP contribution in [0.4, 0.5) is 0 Å². The van der Waals surface area contributed by atoms with Gasteiger partial charge in [0.1, 0.15) is 11.6 Å². The van der Waals surface area contributed by atoms with Crippen molar-refractivity contribution in [3.63, 3.8) is 0 Å². The summed E-state index contributed by atoms with van der Waals surface area (Å²) >= 11 is 2.88. The van der Waals surface area contributed by atoms with Crippen LogP contribution in [-0.2, 0) is 13.5 Å². The van der Waals surface area contributed by atoms with Crippen molar-refractivity contribution >= 4 is 23.3 Å².